The molecular formula is C15H16BrNO. The van der Waals surface area contributed by atoms with Crippen LogP contribution in [0.4, 0.5) is 0 Å². The zero-order valence-electron chi connectivity index (χ0n) is 10.3. The van der Waals surface area contributed by atoms with Gasteiger partial charge in [0.05, 0.1) is 0 Å². The Balaban J connectivity index is 2.06. The summed E-state index contributed by atoms with van der Waals surface area (Å²) in [4.78, 5) is 0. The van der Waals surface area contributed by atoms with Gasteiger partial charge in [0.1, 0.15) is 11.5 Å². The molecule has 0 saturated carbocycles. The Morgan fingerprint density at radius 3 is 2.56 bits per heavy atom. The van der Waals surface area contributed by atoms with Crippen molar-refractivity contribution in [1.29, 1.82) is 0 Å². The van der Waals surface area contributed by atoms with Crippen LogP contribution < -0.4 is 10.1 Å². The van der Waals surface area contributed by atoms with Gasteiger partial charge in [0.2, 0.25) is 0 Å². The van der Waals surface area contributed by atoms with E-state index in [-0.39, 0.29) is 0 Å². The SMILES string of the molecule is CCNCc1cccc(Oc2ccc(Br)cc2)c1. The molecular weight excluding hydrogens is 290 g/mol. The first-order valence-electron chi connectivity index (χ1n) is 6.01. The molecule has 2 aromatic carbocycles. The zero-order valence-corrected chi connectivity index (χ0v) is 11.9. The van der Waals surface area contributed by atoms with Crippen molar-refractivity contribution in [3.05, 3.63) is 58.6 Å². The zero-order chi connectivity index (χ0) is 12.8. The topological polar surface area (TPSA) is 21.3 Å². The fourth-order valence-electron chi connectivity index (χ4n) is 1.63. The predicted molar refractivity (Wildman–Crippen MR) is 78.0 cm³/mol. The monoisotopic (exact) mass is 305 g/mol. The molecule has 0 atom stereocenters. The van der Waals surface area contributed by atoms with E-state index in [4.69, 9.17) is 4.74 Å². The van der Waals surface area contributed by atoms with Gasteiger partial charge in [-0.1, -0.05) is 35.0 Å². The average Bonchev–Trinajstić information content (AvgIpc) is 2.40. The van der Waals surface area contributed by atoms with Crippen molar-refractivity contribution in [1.82, 2.24) is 5.32 Å². The molecule has 2 nitrogen and oxygen atoms in total. The number of rotatable bonds is 5. The Labute approximate surface area is 116 Å². The molecule has 1 N–H and O–H groups in total. The van der Waals surface area contributed by atoms with Gasteiger partial charge in [-0.3, -0.25) is 0 Å². The van der Waals surface area contributed by atoms with Crippen molar-refractivity contribution in [2.45, 2.75) is 13.5 Å². The molecule has 0 bridgehead atoms. The second-order valence-corrected chi connectivity index (χ2v) is 4.90. The number of halogens is 1. The summed E-state index contributed by atoms with van der Waals surface area (Å²) in [7, 11) is 0. The van der Waals surface area contributed by atoms with Crippen LogP contribution in [0.2, 0.25) is 0 Å². The number of ether oxygens (including phenoxy) is 1. The van der Waals surface area contributed by atoms with Gasteiger partial charge in [0.25, 0.3) is 0 Å². The first-order chi connectivity index (χ1) is 8.78. The minimum atomic E-state index is 0.846. The van der Waals surface area contributed by atoms with Gasteiger partial charge in [0, 0.05) is 11.0 Å². The molecule has 0 aliphatic heterocycles. The third kappa shape index (κ3) is 3.86. The van der Waals surface area contributed by atoms with Crippen LogP contribution >= 0.6 is 15.9 Å². The van der Waals surface area contributed by atoms with Crippen molar-refractivity contribution < 1.29 is 4.74 Å². The standard InChI is InChI=1S/C15H16BrNO/c1-2-17-11-12-4-3-5-15(10-12)18-14-8-6-13(16)7-9-14/h3-10,17H,2,11H2,1H3. The highest BCUT2D eigenvalue weighted by atomic mass is 79.9. The van der Waals surface area contributed by atoms with Gasteiger partial charge in [-0.15, -0.1) is 0 Å². The van der Waals surface area contributed by atoms with Crippen LogP contribution in [0.3, 0.4) is 0 Å². The molecule has 2 aromatic rings. The molecule has 3 heteroatoms. The quantitative estimate of drug-likeness (QED) is 0.886. The Morgan fingerprint density at radius 2 is 1.83 bits per heavy atom. The van der Waals surface area contributed by atoms with Crippen LogP contribution in [-0.4, -0.2) is 6.54 Å². The summed E-state index contributed by atoms with van der Waals surface area (Å²) < 4.78 is 6.86. The fraction of sp³-hybridized carbons (Fsp3) is 0.200. The summed E-state index contributed by atoms with van der Waals surface area (Å²) >= 11 is 3.41. The molecule has 0 unspecified atom stereocenters. The summed E-state index contributed by atoms with van der Waals surface area (Å²) in [5.74, 6) is 1.71. The molecule has 18 heavy (non-hydrogen) atoms. The molecule has 0 radical (unpaired) electrons. The molecule has 0 aliphatic rings. The maximum atomic E-state index is 5.81. The first kappa shape index (κ1) is 13.1. The molecule has 0 heterocycles. The summed E-state index contributed by atoms with van der Waals surface area (Å²) in [6.45, 7) is 3.94. The Morgan fingerprint density at radius 1 is 1.06 bits per heavy atom. The highest BCUT2D eigenvalue weighted by Gasteiger charge is 1.99. The van der Waals surface area contributed by atoms with E-state index in [0.29, 0.717) is 0 Å². The highest BCUT2D eigenvalue weighted by molar-refractivity contribution is 9.10. The van der Waals surface area contributed by atoms with E-state index in [1.165, 1.54) is 5.56 Å². The van der Waals surface area contributed by atoms with Crippen molar-refractivity contribution in [2.75, 3.05) is 6.54 Å². The number of hydrogen-bond donors (Lipinski definition) is 1. The van der Waals surface area contributed by atoms with Crippen LogP contribution in [0.1, 0.15) is 12.5 Å². The number of hydrogen-bond acceptors (Lipinski definition) is 2. The second kappa shape index (κ2) is 6.57. The summed E-state index contributed by atoms with van der Waals surface area (Å²) in [6, 6.07) is 16.0. The van der Waals surface area contributed by atoms with E-state index in [0.717, 1.165) is 29.1 Å². The van der Waals surface area contributed by atoms with Gasteiger partial charge >= 0.3 is 0 Å². The molecule has 0 aliphatic carbocycles. The Hall–Kier alpha value is -1.32. The van der Waals surface area contributed by atoms with Crippen molar-refractivity contribution in [3.8, 4) is 11.5 Å². The van der Waals surface area contributed by atoms with Crippen molar-refractivity contribution in [2.24, 2.45) is 0 Å². The maximum absolute atomic E-state index is 5.81. The van der Waals surface area contributed by atoms with Crippen molar-refractivity contribution in [3.63, 3.8) is 0 Å². The molecule has 94 valence electrons. The van der Waals surface area contributed by atoms with Crippen LogP contribution in [0.5, 0.6) is 11.5 Å². The maximum Gasteiger partial charge on any atom is 0.127 e. The molecule has 2 rings (SSSR count). The largest absolute Gasteiger partial charge is 0.457 e. The lowest BCUT2D eigenvalue weighted by Crippen LogP contribution is -2.11. The van der Waals surface area contributed by atoms with E-state index in [1.54, 1.807) is 0 Å². The third-order valence-electron chi connectivity index (χ3n) is 2.53. The summed E-state index contributed by atoms with van der Waals surface area (Å²) in [5.41, 5.74) is 1.23. The van der Waals surface area contributed by atoms with Gasteiger partial charge in [-0.2, -0.15) is 0 Å². The molecule has 0 spiro atoms. The lowest BCUT2D eigenvalue weighted by molar-refractivity contribution is 0.481. The van der Waals surface area contributed by atoms with Gasteiger partial charge in [-0.05, 0) is 48.5 Å². The lowest BCUT2D eigenvalue weighted by Gasteiger charge is -2.08. The average molecular weight is 306 g/mol. The molecule has 0 aromatic heterocycles. The van der Waals surface area contributed by atoms with E-state index >= 15 is 0 Å². The van der Waals surface area contributed by atoms with Gasteiger partial charge in [-0.25, -0.2) is 0 Å². The minimum absolute atomic E-state index is 0.846. The van der Waals surface area contributed by atoms with E-state index in [2.05, 4.69) is 40.3 Å². The minimum Gasteiger partial charge on any atom is -0.457 e. The summed E-state index contributed by atoms with van der Waals surface area (Å²) in [5, 5.41) is 3.30. The normalized spacial score (nSPS) is 10.3. The molecule has 0 fully saturated rings. The first-order valence-corrected chi connectivity index (χ1v) is 6.80. The van der Waals surface area contributed by atoms with Crippen LogP contribution in [0, 0.1) is 0 Å². The highest BCUT2D eigenvalue weighted by Crippen LogP contribution is 2.23. The summed E-state index contributed by atoms with van der Waals surface area (Å²) in [6.07, 6.45) is 0. The van der Waals surface area contributed by atoms with Crippen molar-refractivity contribution >= 4 is 15.9 Å². The second-order valence-electron chi connectivity index (χ2n) is 3.98. The number of nitrogens with one attached hydrogen (secondary N) is 1. The van der Waals surface area contributed by atoms with Crippen LogP contribution in [0.15, 0.2) is 53.0 Å². The smallest absolute Gasteiger partial charge is 0.127 e. The fourth-order valence-corrected chi connectivity index (χ4v) is 1.89. The molecule has 0 amide bonds. The van der Waals surface area contributed by atoms with E-state index in [1.807, 2.05) is 36.4 Å². The Kier molecular flexibility index (Phi) is 4.79. The van der Waals surface area contributed by atoms with Crippen LogP contribution in [-0.2, 0) is 6.54 Å². The predicted octanol–water partition coefficient (Wildman–Crippen LogP) is 4.35. The van der Waals surface area contributed by atoms with Gasteiger partial charge in [0.15, 0.2) is 0 Å². The van der Waals surface area contributed by atoms with E-state index < -0.39 is 0 Å². The molecule has 0 saturated heterocycles. The number of benzene rings is 2. The van der Waals surface area contributed by atoms with Crippen LogP contribution in [0.25, 0.3) is 0 Å². The van der Waals surface area contributed by atoms with E-state index in [9.17, 15) is 0 Å². The Bertz CT molecular complexity index is 496. The lowest BCUT2D eigenvalue weighted by atomic mass is 10.2. The third-order valence-corrected chi connectivity index (χ3v) is 3.06. The van der Waals surface area contributed by atoms with Gasteiger partial charge < -0.3 is 10.1 Å².